The van der Waals surface area contributed by atoms with Gasteiger partial charge in [-0.1, -0.05) is 59.3 Å². The van der Waals surface area contributed by atoms with E-state index in [1.165, 1.54) is 17.3 Å². The van der Waals surface area contributed by atoms with Crippen LogP contribution in [0, 0.1) is 27.7 Å². The van der Waals surface area contributed by atoms with E-state index in [1.807, 2.05) is 42.7 Å². The number of thioether (sulfide) groups is 1. The van der Waals surface area contributed by atoms with Crippen molar-refractivity contribution in [3.05, 3.63) is 89.0 Å². The van der Waals surface area contributed by atoms with Crippen LogP contribution >= 0.6 is 11.8 Å². The third-order valence-electron chi connectivity index (χ3n) is 5.04. The minimum atomic E-state index is -0.0736. The van der Waals surface area contributed by atoms with Crippen LogP contribution < -0.4 is 5.32 Å². The number of nitrogens with one attached hydrogen (secondary N) is 1. The third-order valence-corrected chi connectivity index (χ3v) is 5.97. The fourth-order valence-corrected chi connectivity index (χ4v) is 4.39. The van der Waals surface area contributed by atoms with Crippen molar-refractivity contribution in [2.45, 2.75) is 32.9 Å². The van der Waals surface area contributed by atoms with Gasteiger partial charge in [-0.2, -0.15) is 0 Å². The molecular formula is C26H26N4OS. The van der Waals surface area contributed by atoms with E-state index < -0.39 is 0 Å². The molecule has 3 aromatic carbocycles. The van der Waals surface area contributed by atoms with E-state index in [4.69, 9.17) is 0 Å². The highest BCUT2D eigenvalue weighted by atomic mass is 32.2. The monoisotopic (exact) mass is 442 g/mol. The maximum absolute atomic E-state index is 12.6. The van der Waals surface area contributed by atoms with Crippen molar-refractivity contribution in [2.75, 3.05) is 11.1 Å². The van der Waals surface area contributed by atoms with Gasteiger partial charge in [0.1, 0.15) is 0 Å². The Morgan fingerprint density at radius 3 is 2.25 bits per heavy atom. The second-order valence-corrected chi connectivity index (χ2v) is 9.00. The molecule has 5 nitrogen and oxygen atoms in total. The fourth-order valence-electron chi connectivity index (χ4n) is 3.64. The van der Waals surface area contributed by atoms with Gasteiger partial charge in [0.15, 0.2) is 11.0 Å². The Labute approximate surface area is 192 Å². The maximum Gasteiger partial charge on any atom is 0.234 e. The van der Waals surface area contributed by atoms with Crippen molar-refractivity contribution in [1.29, 1.82) is 0 Å². The van der Waals surface area contributed by atoms with Crippen LogP contribution in [0.5, 0.6) is 0 Å². The second-order valence-electron chi connectivity index (χ2n) is 8.06. The molecule has 0 saturated carbocycles. The van der Waals surface area contributed by atoms with Crippen LogP contribution in [0.25, 0.3) is 17.1 Å². The minimum absolute atomic E-state index is 0.0736. The molecule has 1 aromatic heterocycles. The van der Waals surface area contributed by atoms with Crippen molar-refractivity contribution < 1.29 is 4.79 Å². The molecule has 1 amide bonds. The average molecular weight is 443 g/mol. The normalized spacial score (nSPS) is 10.9. The van der Waals surface area contributed by atoms with Gasteiger partial charge in [0.05, 0.1) is 5.75 Å². The molecule has 0 radical (unpaired) electrons. The van der Waals surface area contributed by atoms with Crippen LogP contribution in [0.3, 0.4) is 0 Å². The van der Waals surface area contributed by atoms with E-state index in [0.717, 1.165) is 39.5 Å². The Hall–Kier alpha value is -3.38. The summed E-state index contributed by atoms with van der Waals surface area (Å²) >= 11 is 1.38. The van der Waals surface area contributed by atoms with Crippen LogP contribution in [-0.4, -0.2) is 26.4 Å². The molecule has 0 fully saturated rings. The molecule has 0 spiro atoms. The number of nitrogens with zero attached hydrogens (tertiary/aromatic N) is 3. The standard InChI is InChI=1S/C26H26N4OS/c1-17-8-10-23(11-9-17)30-25(21-7-5-6-18(2)13-21)28-29-26(30)32-16-24(31)27-22-14-19(3)12-20(4)15-22/h5-15H,16H2,1-4H3,(H,27,31). The SMILES string of the molecule is Cc1ccc(-n2c(SCC(=O)Nc3cc(C)cc(C)c3)nnc2-c2cccc(C)c2)cc1. The first-order chi connectivity index (χ1) is 15.4. The van der Waals surface area contributed by atoms with Crippen molar-refractivity contribution >= 4 is 23.4 Å². The van der Waals surface area contributed by atoms with Crippen LogP contribution in [-0.2, 0) is 4.79 Å². The third kappa shape index (κ3) is 5.08. The van der Waals surface area contributed by atoms with Gasteiger partial charge >= 0.3 is 0 Å². The molecule has 0 aliphatic heterocycles. The Kier molecular flexibility index (Phi) is 6.42. The summed E-state index contributed by atoms with van der Waals surface area (Å²) in [6, 6.07) is 22.5. The number of amides is 1. The van der Waals surface area contributed by atoms with E-state index >= 15 is 0 Å². The largest absolute Gasteiger partial charge is 0.325 e. The highest BCUT2D eigenvalue weighted by molar-refractivity contribution is 7.99. The van der Waals surface area contributed by atoms with Crippen LogP contribution in [0.15, 0.2) is 71.9 Å². The summed E-state index contributed by atoms with van der Waals surface area (Å²) < 4.78 is 2.02. The number of hydrogen-bond donors (Lipinski definition) is 1. The smallest absolute Gasteiger partial charge is 0.234 e. The van der Waals surface area contributed by atoms with E-state index in [2.05, 4.69) is 71.8 Å². The molecule has 0 aliphatic carbocycles. The Morgan fingerprint density at radius 2 is 1.56 bits per heavy atom. The van der Waals surface area contributed by atoms with Gasteiger partial charge in [-0.3, -0.25) is 9.36 Å². The second kappa shape index (κ2) is 9.40. The molecule has 0 saturated heterocycles. The number of carbonyl (C=O) groups is 1. The van der Waals surface area contributed by atoms with Crippen molar-refractivity contribution in [3.63, 3.8) is 0 Å². The van der Waals surface area contributed by atoms with E-state index in [1.54, 1.807) is 0 Å². The van der Waals surface area contributed by atoms with Crippen LogP contribution in [0.2, 0.25) is 0 Å². The molecule has 1 N–H and O–H groups in total. The molecule has 162 valence electrons. The van der Waals surface area contributed by atoms with E-state index in [9.17, 15) is 4.79 Å². The summed E-state index contributed by atoms with van der Waals surface area (Å²) in [6.07, 6.45) is 0. The van der Waals surface area contributed by atoms with Gasteiger partial charge < -0.3 is 5.32 Å². The maximum atomic E-state index is 12.6. The van der Waals surface area contributed by atoms with Gasteiger partial charge in [0.25, 0.3) is 0 Å². The Balaban J connectivity index is 1.60. The zero-order valence-electron chi connectivity index (χ0n) is 18.7. The number of aryl methyl sites for hydroxylation is 4. The number of rotatable bonds is 6. The van der Waals surface area contributed by atoms with Gasteiger partial charge in [-0.05, 0) is 69.2 Å². The summed E-state index contributed by atoms with van der Waals surface area (Å²) in [5.41, 5.74) is 7.35. The predicted molar refractivity (Wildman–Crippen MR) is 132 cm³/mol. The summed E-state index contributed by atoms with van der Waals surface area (Å²) in [5, 5.41) is 12.6. The number of aromatic nitrogens is 3. The molecule has 32 heavy (non-hydrogen) atoms. The molecule has 0 unspecified atom stereocenters. The summed E-state index contributed by atoms with van der Waals surface area (Å²) in [7, 11) is 0. The highest BCUT2D eigenvalue weighted by Crippen LogP contribution is 2.28. The van der Waals surface area contributed by atoms with Crippen molar-refractivity contribution in [1.82, 2.24) is 14.8 Å². The zero-order valence-corrected chi connectivity index (χ0v) is 19.5. The lowest BCUT2D eigenvalue weighted by Crippen LogP contribution is -2.14. The average Bonchev–Trinajstić information content (AvgIpc) is 3.16. The molecule has 0 bridgehead atoms. The Morgan fingerprint density at radius 1 is 0.844 bits per heavy atom. The van der Waals surface area contributed by atoms with E-state index in [0.29, 0.717) is 5.16 Å². The lowest BCUT2D eigenvalue weighted by Gasteiger charge is -2.11. The van der Waals surface area contributed by atoms with Crippen molar-refractivity contribution in [2.24, 2.45) is 0 Å². The molecular weight excluding hydrogens is 416 g/mol. The summed E-state index contributed by atoms with van der Waals surface area (Å²) in [5.74, 6) is 0.926. The first kappa shape index (κ1) is 21.8. The lowest BCUT2D eigenvalue weighted by atomic mass is 10.1. The van der Waals surface area contributed by atoms with Gasteiger partial charge in [-0.15, -0.1) is 10.2 Å². The topological polar surface area (TPSA) is 59.8 Å². The molecule has 0 atom stereocenters. The molecule has 4 rings (SSSR count). The summed E-state index contributed by atoms with van der Waals surface area (Å²) in [6.45, 7) is 8.16. The first-order valence-corrected chi connectivity index (χ1v) is 11.5. The number of hydrogen-bond acceptors (Lipinski definition) is 4. The Bertz CT molecular complexity index is 1240. The number of carbonyl (C=O) groups excluding carboxylic acids is 1. The number of benzene rings is 3. The van der Waals surface area contributed by atoms with Crippen LogP contribution in [0.1, 0.15) is 22.3 Å². The van der Waals surface area contributed by atoms with Crippen LogP contribution in [0.4, 0.5) is 5.69 Å². The number of anilines is 1. The first-order valence-electron chi connectivity index (χ1n) is 10.5. The fraction of sp³-hybridized carbons (Fsp3) is 0.192. The zero-order chi connectivity index (χ0) is 22.7. The van der Waals surface area contributed by atoms with Gasteiger partial charge in [0.2, 0.25) is 5.91 Å². The highest BCUT2D eigenvalue weighted by Gasteiger charge is 2.17. The predicted octanol–water partition coefficient (Wildman–Crippen LogP) is 5.90. The molecule has 4 aromatic rings. The quantitative estimate of drug-likeness (QED) is 0.378. The summed E-state index contributed by atoms with van der Waals surface area (Å²) in [4.78, 5) is 12.6. The lowest BCUT2D eigenvalue weighted by molar-refractivity contribution is -0.113. The molecule has 0 aliphatic rings. The van der Waals surface area contributed by atoms with Gasteiger partial charge in [0, 0.05) is 16.9 Å². The van der Waals surface area contributed by atoms with Crippen molar-refractivity contribution in [3.8, 4) is 17.1 Å². The molecule has 1 heterocycles. The minimum Gasteiger partial charge on any atom is -0.325 e. The van der Waals surface area contributed by atoms with E-state index in [-0.39, 0.29) is 11.7 Å². The van der Waals surface area contributed by atoms with Gasteiger partial charge in [-0.25, -0.2) is 0 Å². The molecule has 6 heteroatoms.